The summed E-state index contributed by atoms with van der Waals surface area (Å²) in [6.45, 7) is 3.13. The van der Waals surface area contributed by atoms with Gasteiger partial charge in [0.1, 0.15) is 12.1 Å². The molecule has 0 amide bonds. The standard InChI is InChI=1S/C11H14N4O2/c1-9-6-11(16)3-2-10(9)7-13-15(17)14-5-4-12-8-14/h2-3,6-8,16-17H,4-5H2,1H3. The number of aryl methyl sites for hydroxylation is 1. The van der Waals surface area contributed by atoms with E-state index in [1.54, 1.807) is 18.2 Å². The van der Waals surface area contributed by atoms with Crippen LogP contribution in [-0.4, -0.2) is 46.2 Å². The fraction of sp³-hybridized carbons (Fsp3) is 0.273. The lowest BCUT2D eigenvalue weighted by Gasteiger charge is -2.19. The molecule has 0 spiro atoms. The number of hydrazone groups is 1. The molecular weight excluding hydrogens is 220 g/mol. The van der Waals surface area contributed by atoms with Crippen molar-refractivity contribution in [3.8, 4) is 5.75 Å². The van der Waals surface area contributed by atoms with Crippen molar-refractivity contribution in [1.82, 2.24) is 10.3 Å². The van der Waals surface area contributed by atoms with E-state index in [4.69, 9.17) is 0 Å². The molecule has 1 aliphatic rings. The largest absolute Gasteiger partial charge is 0.508 e. The number of benzene rings is 1. The van der Waals surface area contributed by atoms with Gasteiger partial charge in [-0.2, -0.15) is 0 Å². The summed E-state index contributed by atoms with van der Waals surface area (Å²) in [5.41, 5.74) is 1.72. The summed E-state index contributed by atoms with van der Waals surface area (Å²) in [4.78, 5) is 3.96. The Bertz CT molecular complexity index is 459. The van der Waals surface area contributed by atoms with Crippen LogP contribution < -0.4 is 0 Å². The molecule has 0 atom stereocenters. The van der Waals surface area contributed by atoms with E-state index in [0.717, 1.165) is 16.4 Å². The Balaban J connectivity index is 2.06. The van der Waals surface area contributed by atoms with E-state index in [-0.39, 0.29) is 5.75 Å². The van der Waals surface area contributed by atoms with E-state index >= 15 is 0 Å². The Morgan fingerprint density at radius 3 is 3.00 bits per heavy atom. The number of aliphatic imine (C=N–C) groups is 1. The first-order valence-corrected chi connectivity index (χ1v) is 5.26. The summed E-state index contributed by atoms with van der Waals surface area (Å²) >= 11 is 0. The summed E-state index contributed by atoms with van der Waals surface area (Å²) in [6, 6.07) is 4.95. The SMILES string of the molecule is Cc1cc(O)ccc1C=NN(O)N1C=NCC1. The van der Waals surface area contributed by atoms with Gasteiger partial charge in [0.2, 0.25) is 0 Å². The first kappa shape index (κ1) is 11.4. The molecule has 17 heavy (non-hydrogen) atoms. The molecule has 6 nitrogen and oxygen atoms in total. The lowest BCUT2D eigenvalue weighted by atomic mass is 10.1. The van der Waals surface area contributed by atoms with Gasteiger partial charge in [0.25, 0.3) is 0 Å². The Labute approximate surface area is 99.0 Å². The highest BCUT2D eigenvalue weighted by Crippen LogP contribution is 2.14. The van der Waals surface area contributed by atoms with Crippen molar-refractivity contribution in [2.75, 3.05) is 13.1 Å². The zero-order valence-electron chi connectivity index (χ0n) is 9.48. The van der Waals surface area contributed by atoms with Crippen molar-refractivity contribution < 1.29 is 10.3 Å². The number of aromatic hydroxyl groups is 1. The summed E-state index contributed by atoms with van der Waals surface area (Å²) in [7, 11) is 0. The van der Waals surface area contributed by atoms with Crippen molar-refractivity contribution in [3.63, 3.8) is 0 Å². The molecule has 0 fully saturated rings. The number of phenols is 1. The molecule has 0 saturated heterocycles. The van der Waals surface area contributed by atoms with Crippen LogP contribution in [0.15, 0.2) is 28.3 Å². The Morgan fingerprint density at radius 2 is 2.35 bits per heavy atom. The van der Waals surface area contributed by atoms with Crippen LogP contribution >= 0.6 is 0 Å². The maximum atomic E-state index is 9.58. The van der Waals surface area contributed by atoms with Gasteiger partial charge in [-0.05, 0) is 36.2 Å². The van der Waals surface area contributed by atoms with E-state index in [2.05, 4.69) is 10.1 Å². The quantitative estimate of drug-likeness (QED) is 0.604. The third kappa shape index (κ3) is 2.73. The molecule has 90 valence electrons. The van der Waals surface area contributed by atoms with Crippen LogP contribution in [0.3, 0.4) is 0 Å². The van der Waals surface area contributed by atoms with Crippen LogP contribution in [0.4, 0.5) is 0 Å². The summed E-state index contributed by atoms with van der Waals surface area (Å²) < 4.78 is 0. The molecule has 2 rings (SSSR count). The first-order chi connectivity index (χ1) is 8.16. The van der Waals surface area contributed by atoms with Gasteiger partial charge in [-0.1, -0.05) is 5.28 Å². The molecule has 0 aromatic heterocycles. The normalized spacial score (nSPS) is 14.8. The Kier molecular flexibility index (Phi) is 3.24. The molecule has 0 radical (unpaired) electrons. The molecule has 2 N–H and O–H groups in total. The number of hydrogen-bond acceptors (Lipinski definition) is 6. The average Bonchev–Trinajstić information content (AvgIpc) is 2.81. The highest BCUT2D eigenvalue weighted by molar-refractivity contribution is 5.81. The van der Waals surface area contributed by atoms with Gasteiger partial charge >= 0.3 is 0 Å². The number of nitrogens with zero attached hydrogens (tertiary/aromatic N) is 4. The molecule has 1 aromatic carbocycles. The van der Waals surface area contributed by atoms with E-state index in [0.29, 0.717) is 13.1 Å². The van der Waals surface area contributed by atoms with Gasteiger partial charge in [0.15, 0.2) is 0 Å². The summed E-state index contributed by atoms with van der Waals surface area (Å²) in [5, 5.41) is 25.0. The van der Waals surface area contributed by atoms with Crippen LogP contribution in [0.2, 0.25) is 0 Å². The van der Waals surface area contributed by atoms with E-state index in [1.807, 2.05) is 6.92 Å². The highest BCUT2D eigenvalue weighted by Gasteiger charge is 2.10. The van der Waals surface area contributed by atoms with Crippen LogP contribution in [0.25, 0.3) is 0 Å². The van der Waals surface area contributed by atoms with Crippen molar-refractivity contribution in [3.05, 3.63) is 29.3 Å². The summed E-state index contributed by atoms with van der Waals surface area (Å²) in [5.74, 6) is 0.215. The van der Waals surface area contributed by atoms with Crippen molar-refractivity contribution in [2.45, 2.75) is 6.92 Å². The second kappa shape index (κ2) is 4.84. The maximum Gasteiger partial charge on any atom is 0.115 e. The number of hydrogen-bond donors (Lipinski definition) is 2. The molecule has 0 saturated carbocycles. The maximum absolute atomic E-state index is 9.58. The summed E-state index contributed by atoms with van der Waals surface area (Å²) in [6.07, 6.45) is 3.06. The molecular formula is C11H14N4O2. The monoisotopic (exact) mass is 234 g/mol. The van der Waals surface area contributed by atoms with E-state index in [1.165, 1.54) is 17.6 Å². The molecule has 6 heteroatoms. The molecule has 0 bridgehead atoms. The van der Waals surface area contributed by atoms with Gasteiger partial charge in [-0.3, -0.25) is 10.2 Å². The molecule has 1 heterocycles. The lowest BCUT2D eigenvalue weighted by Crippen LogP contribution is -2.34. The number of rotatable bonds is 3. The van der Waals surface area contributed by atoms with Gasteiger partial charge < -0.3 is 5.11 Å². The molecule has 0 unspecified atom stereocenters. The Hall–Kier alpha value is -2.08. The van der Waals surface area contributed by atoms with Gasteiger partial charge in [-0.25, -0.2) is 5.01 Å². The zero-order chi connectivity index (χ0) is 12.3. The van der Waals surface area contributed by atoms with Gasteiger partial charge in [0, 0.05) is 0 Å². The second-order valence-electron chi connectivity index (χ2n) is 3.74. The topological polar surface area (TPSA) is 71.7 Å². The van der Waals surface area contributed by atoms with Gasteiger partial charge in [-0.15, -0.1) is 5.10 Å². The smallest absolute Gasteiger partial charge is 0.115 e. The Morgan fingerprint density at radius 1 is 1.53 bits per heavy atom. The van der Waals surface area contributed by atoms with Crippen molar-refractivity contribution >= 4 is 12.6 Å². The van der Waals surface area contributed by atoms with Crippen LogP contribution in [0, 0.1) is 6.92 Å². The van der Waals surface area contributed by atoms with Crippen LogP contribution in [0.1, 0.15) is 11.1 Å². The van der Waals surface area contributed by atoms with Crippen LogP contribution in [-0.2, 0) is 0 Å². The minimum atomic E-state index is 0.215. The molecule has 0 aliphatic carbocycles. The fourth-order valence-electron chi connectivity index (χ4n) is 1.49. The number of phenolic OH excluding ortho intramolecular Hbond substituents is 1. The molecule has 1 aromatic rings. The van der Waals surface area contributed by atoms with Crippen molar-refractivity contribution in [2.24, 2.45) is 10.1 Å². The second-order valence-corrected chi connectivity index (χ2v) is 3.74. The van der Waals surface area contributed by atoms with Gasteiger partial charge in [0.05, 0.1) is 19.3 Å². The zero-order valence-corrected chi connectivity index (χ0v) is 9.48. The predicted molar refractivity (Wildman–Crippen MR) is 64.1 cm³/mol. The first-order valence-electron chi connectivity index (χ1n) is 5.26. The third-order valence-corrected chi connectivity index (χ3v) is 2.46. The van der Waals surface area contributed by atoms with E-state index in [9.17, 15) is 10.3 Å². The fourth-order valence-corrected chi connectivity index (χ4v) is 1.49. The minimum Gasteiger partial charge on any atom is -0.508 e. The lowest BCUT2D eigenvalue weighted by molar-refractivity contribution is -0.205. The van der Waals surface area contributed by atoms with Crippen LogP contribution in [0.5, 0.6) is 5.75 Å². The minimum absolute atomic E-state index is 0.215. The van der Waals surface area contributed by atoms with Crippen molar-refractivity contribution in [1.29, 1.82) is 0 Å². The average molecular weight is 234 g/mol. The van der Waals surface area contributed by atoms with E-state index < -0.39 is 0 Å². The predicted octanol–water partition coefficient (Wildman–Crippen LogP) is 0.985. The third-order valence-electron chi connectivity index (χ3n) is 2.46. The highest BCUT2D eigenvalue weighted by atomic mass is 16.6. The molecule has 1 aliphatic heterocycles. The number of hydrazine groups is 1.